The summed E-state index contributed by atoms with van der Waals surface area (Å²) in [6.45, 7) is 2.22. The normalized spacial score (nSPS) is 17.4. The fourth-order valence-corrected chi connectivity index (χ4v) is 2.85. The van der Waals surface area contributed by atoms with Crippen molar-refractivity contribution in [1.29, 1.82) is 0 Å². The first-order valence-corrected chi connectivity index (χ1v) is 7.71. The van der Waals surface area contributed by atoms with Crippen molar-refractivity contribution in [2.75, 3.05) is 13.1 Å². The van der Waals surface area contributed by atoms with Gasteiger partial charge in [-0.1, -0.05) is 18.2 Å². The first-order chi connectivity index (χ1) is 11.2. The number of benzene rings is 1. The molecule has 2 rings (SSSR count). The highest BCUT2D eigenvalue weighted by Gasteiger charge is 2.35. The van der Waals surface area contributed by atoms with Crippen LogP contribution in [0.5, 0.6) is 0 Å². The van der Waals surface area contributed by atoms with Crippen molar-refractivity contribution in [3.63, 3.8) is 0 Å². The van der Waals surface area contributed by atoms with Crippen LogP contribution >= 0.6 is 0 Å². The number of rotatable bonds is 3. The zero-order valence-electron chi connectivity index (χ0n) is 13.3. The second-order valence-corrected chi connectivity index (χ2v) is 5.92. The summed E-state index contributed by atoms with van der Waals surface area (Å²) in [6, 6.07) is 3.94. The average Bonchev–Trinajstić information content (AvgIpc) is 2.54. The van der Waals surface area contributed by atoms with E-state index in [0.29, 0.717) is 25.9 Å². The van der Waals surface area contributed by atoms with Gasteiger partial charge in [0.05, 0.1) is 11.6 Å². The lowest BCUT2D eigenvalue weighted by Crippen LogP contribution is -2.47. The molecular formula is C16H20F3N3O2. The predicted molar refractivity (Wildman–Crippen MR) is 81.9 cm³/mol. The Morgan fingerprint density at radius 3 is 2.38 bits per heavy atom. The lowest BCUT2D eigenvalue weighted by Gasteiger charge is -2.32. The first-order valence-electron chi connectivity index (χ1n) is 7.71. The number of halogens is 3. The Morgan fingerprint density at radius 1 is 1.25 bits per heavy atom. The van der Waals surface area contributed by atoms with E-state index in [2.05, 4.69) is 5.32 Å². The molecule has 0 aromatic heterocycles. The molecule has 3 amide bonds. The van der Waals surface area contributed by atoms with Crippen LogP contribution < -0.4 is 11.1 Å². The average molecular weight is 343 g/mol. The number of urea groups is 1. The number of amides is 3. The first kappa shape index (κ1) is 18.1. The van der Waals surface area contributed by atoms with E-state index in [4.69, 9.17) is 5.73 Å². The summed E-state index contributed by atoms with van der Waals surface area (Å²) in [5.41, 5.74) is 4.50. The zero-order valence-corrected chi connectivity index (χ0v) is 13.3. The van der Waals surface area contributed by atoms with E-state index in [0.717, 1.165) is 6.07 Å². The van der Waals surface area contributed by atoms with Crippen LogP contribution in [0.3, 0.4) is 0 Å². The van der Waals surface area contributed by atoms with Gasteiger partial charge in [0.1, 0.15) is 0 Å². The number of nitrogens with one attached hydrogen (secondary N) is 1. The molecule has 1 aliphatic heterocycles. The Hall–Kier alpha value is -2.25. The monoisotopic (exact) mass is 343 g/mol. The minimum absolute atomic E-state index is 0.0189. The molecule has 8 heteroatoms. The fourth-order valence-electron chi connectivity index (χ4n) is 2.85. The van der Waals surface area contributed by atoms with E-state index < -0.39 is 23.8 Å². The molecule has 0 spiro atoms. The molecule has 1 unspecified atom stereocenters. The van der Waals surface area contributed by atoms with Crippen LogP contribution in [0.25, 0.3) is 0 Å². The smallest absolute Gasteiger partial charge is 0.369 e. The second-order valence-electron chi connectivity index (χ2n) is 5.92. The number of likely N-dealkylation sites (tertiary alicyclic amines) is 1. The number of carbonyl (C=O) groups excluding carboxylic acids is 2. The van der Waals surface area contributed by atoms with Gasteiger partial charge in [-0.25, -0.2) is 4.79 Å². The lowest BCUT2D eigenvalue weighted by molar-refractivity contribution is -0.138. The number of nitrogens with two attached hydrogens (primary N) is 1. The van der Waals surface area contributed by atoms with Crippen LogP contribution in [0.2, 0.25) is 0 Å². The Bertz CT molecular complexity index is 611. The van der Waals surface area contributed by atoms with Crippen molar-refractivity contribution in [2.24, 2.45) is 11.7 Å². The van der Waals surface area contributed by atoms with Crippen LogP contribution in [-0.4, -0.2) is 29.9 Å². The highest BCUT2D eigenvalue weighted by molar-refractivity contribution is 5.78. The molecule has 0 aliphatic carbocycles. The van der Waals surface area contributed by atoms with Gasteiger partial charge in [0.2, 0.25) is 5.91 Å². The largest absolute Gasteiger partial charge is 0.416 e. The second kappa shape index (κ2) is 7.11. The molecule has 0 radical (unpaired) electrons. The predicted octanol–water partition coefficient (Wildman–Crippen LogP) is 2.67. The molecule has 3 N–H and O–H groups in total. The Kier molecular flexibility index (Phi) is 5.36. The van der Waals surface area contributed by atoms with Crippen molar-refractivity contribution in [2.45, 2.75) is 32.0 Å². The number of piperidine rings is 1. The summed E-state index contributed by atoms with van der Waals surface area (Å²) >= 11 is 0. The number of nitrogens with zero attached hydrogens (tertiary/aromatic N) is 1. The Labute approximate surface area is 138 Å². The van der Waals surface area contributed by atoms with Gasteiger partial charge >= 0.3 is 12.2 Å². The topological polar surface area (TPSA) is 75.4 Å². The van der Waals surface area contributed by atoms with Gasteiger partial charge in [-0.2, -0.15) is 13.2 Å². The van der Waals surface area contributed by atoms with E-state index >= 15 is 0 Å². The van der Waals surface area contributed by atoms with Crippen LogP contribution in [0.1, 0.15) is 36.9 Å². The van der Waals surface area contributed by atoms with Crippen molar-refractivity contribution < 1.29 is 22.8 Å². The minimum atomic E-state index is -4.48. The van der Waals surface area contributed by atoms with Crippen molar-refractivity contribution >= 4 is 11.9 Å². The van der Waals surface area contributed by atoms with Crippen molar-refractivity contribution in [3.05, 3.63) is 35.4 Å². The molecule has 1 aliphatic rings. The molecule has 1 saturated heterocycles. The third-order valence-electron chi connectivity index (χ3n) is 4.26. The highest BCUT2D eigenvalue weighted by Crippen LogP contribution is 2.34. The third-order valence-corrected chi connectivity index (χ3v) is 4.26. The van der Waals surface area contributed by atoms with E-state index in [-0.39, 0.29) is 17.4 Å². The maximum atomic E-state index is 13.1. The van der Waals surface area contributed by atoms with Gasteiger partial charge < -0.3 is 16.0 Å². The summed E-state index contributed by atoms with van der Waals surface area (Å²) in [7, 11) is 0. The van der Waals surface area contributed by atoms with Gasteiger partial charge in [-0.15, -0.1) is 0 Å². The molecule has 5 nitrogen and oxygen atoms in total. The molecule has 1 aromatic rings. The maximum absolute atomic E-state index is 13.1. The summed E-state index contributed by atoms with van der Waals surface area (Å²) in [5, 5.41) is 2.59. The van der Waals surface area contributed by atoms with E-state index in [1.54, 1.807) is 0 Å². The number of hydrogen-bond donors (Lipinski definition) is 2. The van der Waals surface area contributed by atoms with Gasteiger partial charge in [-0.3, -0.25) is 4.79 Å². The minimum Gasteiger partial charge on any atom is -0.369 e. The zero-order chi connectivity index (χ0) is 17.9. The molecule has 1 fully saturated rings. The number of hydrogen-bond acceptors (Lipinski definition) is 2. The standard InChI is InChI=1S/C16H20F3N3O2/c1-10(12-4-2-3-5-13(12)16(17,18)19)21-15(24)22-8-6-11(7-9-22)14(20)23/h2-5,10-11H,6-9H2,1H3,(H2,20,23)(H,21,24). The van der Waals surface area contributed by atoms with Crippen LogP contribution in [0.4, 0.5) is 18.0 Å². The maximum Gasteiger partial charge on any atom is 0.416 e. The van der Waals surface area contributed by atoms with Gasteiger partial charge in [0, 0.05) is 19.0 Å². The lowest BCUT2D eigenvalue weighted by atomic mass is 9.96. The number of carbonyl (C=O) groups is 2. The quantitative estimate of drug-likeness (QED) is 0.885. The van der Waals surface area contributed by atoms with Gasteiger partial charge in [0.15, 0.2) is 0 Å². The van der Waals surface area contributed by atoms with Gasteiger partial charge in [-0.05, 0) is 31.4 Å². The summed E-state index contributed by atoms with van der Waals surface area (Å²) in [4.78, 5) is 24.9. The summed E-state index contributed by atoms with van der Waals surface area (Å²) < 4.78 is 39.2. The molecule has 1 atom stereocenters. The van der Waals surface area contributed by atoms with E-state index in [1.807, 2.05) is 0 Å². The molecule has 1 heterocycles. The molecule has 24 heavy (non-hydrogen) atoms. The fraction of sp³-hybridized carbons (Fsp3) is 0.500. The molecular weight excluding hydrogens is 323 g/mol. The highest BCUT2D eigenvalue weighted by atomic mass is 19.4. The van der Waals surface area contributed by atoms with Crippen LogP contribution in [0, 0.1) is 5.92 Å². The van der Waals surface area contributed by atoms with Crippen molar-refractivity contribution in [1.82, 2.24) is 10.2 Å². The van der Waals surface area contributed by atoms with E-state index in [9.17, 15) is 22.8 Å². The van der Waals surface area contributed by atoms with Crippen molar-refractivity contribution in [3.8, 4) is 0 Å². The molecule has 0 saturated carbocycles. The summed E-state index contributed by atoms with van der Waals surface area (Å²) in [5.74, 6) is -0.639. The Balaban J connectivity index is 2.02. The summed E-state index contributed by atoms with van der Waals surface area (Å²) in [6.07, 6.45) is -3.54. The SMILES string of the molecule is CC(NC(=O)N1CCC(C(N)=O)CC1)c1ccccc1C(F)(F)F. The van der Waals surface area contributed by atoms with Crippen LogP contribution in [-0.2, 0) is 11.0 Å². The molecule has 132 valence electrons. The third kappa shape index (κ3) is 4.18. The molecule has 0 bridgehead atoms. The Morgan fingerprint density at radius 2 is 1.83 bits per heavy atom. The van der Waals surface area contributed by atoms with Gasteiger partial charge in [0.25, 0.3) is 0 Å². The van der Waals surface area contributed by atoms with Crippen LogP contribution in [0.15, 0.2) is 24.3 Å². The number of primary amides is 1. The molecule has 1 aromatic carbocycles. The number of alkyl halides is 3. The van der Waals surface area contributed by atoms with E-state index in [1.165, 1.54) is 30.0 Å².